The molecule has 4 nitrogen and oxygen atoms in total. The summed E-state index contributed by atoms with van der Waals surface area (Å²) in [5, 5.41) is 8.60. The van der Waals surface area contributed by atoms with E-state index >= 15 is 0 Å². The van der Waals surface area contributed by atoms with Gasteiger partial charge in [-0.1, -0.05) is 0 Å². The van der Waals surface area contributed by atoms with Crippen LogP contribution in [0.1, 0.15) is 5.56 Å². The van der Waals surface area contributed by atoms with Gasteiger partial charge in [0, 0.05) is 11.8 Å². The molecule has 0 bridgehead atoms. The van der Waals surface area contributed by atoms with Gasteiger partial charge in [0.1, 0.15) is 11.5 Å². The highest BCUT2D eigenvalue weighted by atomic mass is 16.5. The summed E-state index contributed by atoms with van der Waals surface area (Å²) < 4.78 is 10.3. The van der Waals surface area contributed by atoms with E-state index in [1.165, 1.54) is 0 Å². The van der Waals surface area contributed by atoms with Crippen molar-refractivity contribution in [1.29, 1.82) is 0 Å². The van der Waals surface area contributed by atoms with E-state index in [4.69, 9.17) is 14.6 Å². The fraction of sp³-hybridized carbons (Fsp3) is 0.364. The zero-order valence-corrected chi connectivity index (χ0v) is 8.93. The predicted molar refractivity (Wildman–Crippen MR) is 59.1 cm³/mol. The van der Waals surface area contributed by atoms with E-state index in [2.05, 4.69) is 4.99 Å². The van der Waals surface area contributed by atoms with Crippen molar-refractivity contribution in [3.8, 4) is 11.5 Å². The van der Waals surface area contributed by atoms with E-state index in [1.807, 2.05) is 18.2 Å². The van der Waals surface area contributed by atoms with Crippen molar-refractivity contribution in [1.82, 2.24) is 0 Å². The van der Waals surface area contributed by atoms with Gasteiger partial charge in [0.2, 0.25) is 0 Å². The lowest BCUT2D eigenvalue weighted by Crippen LogP contribution is -1.94. The molecule has 15 heavy (non-hydrogen) atoms. The first-order valence-corrected chi connectivity index (χ1v) is 4.64. The Morgan fingerprint density at radius 1 is 1.33 bits per heavy atom. The number of aliphatic hydroxyl groups excluding tert-OH is 1. The van der Waals surface area contributed by atoms with Crippen LogP contribution in [-0.2, 0) is 0 Å². The lowest BCUT2D eigenvalue weighted by Gasteiger charge is -2.06. The first-order chi connectivity index (χ1) is 7.31. The number of methoxy groups -OCH3 is 2. The Morgan fingerprint density at radius 3 is 2.73 bits per heavy atom. The van der Waals surface area contributed by atoms with Crippen LogP contribution in [-0.4, -0.2) is 38.7 Å². The smallest absolute Gasteiger partial charge is 0.127 e. The minimum atomic E-state index is 0.0444. The highest BCUT2D eigenvalue weighted by Crippen LogP contribution is 2.22. The second-order valence-corrected chi connectivity index (χ2v) is 2.87. The second kappa shape index (κ2) is 6.03. The van der Waals surface area contributed by atoms with Crippen molar-refractivity contribution in [2.24, 2.45) is 4.99 Å². The van der Waals surface area contributed by atoms with Crippen LogP contribution in [0.3, 0.4) is 0 Å². The van der Waals surface area contributed by atoms with Crippen LogP contribution < -0.4 is 9.47 Å². The molecular weight excluding hydrogens is 194 g/mol. The van der Waals surface area contributed by atoms with Crippen LogP contribution in [0.4, 0.5) is 0 Å². The molecule has 0 aliphatic heterocycles. The molecule has 0 saturated carbocycles. The Hall–Kier alpha value is -1.55. The van der Waals surface area contributed by atoms with Gasteiger partial charge in [-0.25, -0.2) is 0 Å². The zero-order valence-electron chi connectivity index (χ0n) is 8.93. The molecule has 0 spiro atoms. The fourth-order valence-corrected chi connectivity index (χ4v) is 1.16. The minimum Gasteiger partial charge on any atom is -0.497 e. The monoisotopic (exact) mass is 209 g/mol. The van der Waals surface area contributed by atoms with E-state index in [9.17, 15) is 0 Å². The number of benzene rings is 1. The largest absolute Gasteiger partial charge is 0.497 e. The van der Waals surface area contributed by atoms with Gasteiger partial charge in [-0.15, -0.1) is 0 Å². The van der Waals surface area contributed by atoms with E-state index in [0.29, 0.717) is 6.54 Å². The number of hydrogen-bond donors (Lipinski definition) is 1. The van der Waals surface area contributed by atoms with Gasteiger partial charge in [0.25, 0.3) is 0 Å². The first kappa shape index (κ1) is 11.5. The molecule has 0 aliphatic rings. The Kier molecular flexibility index (Phi) is 4.63. The van der Waals surface area contributed by atoms with Crippen LogP contribution in [0, 0.1) is 0 Å². The van der Waals surface area contributed by atoms with Gasteiger partial charge in [-0.2, -0.15) is 0 Å². The number of ether oxygens (including phenoxy) is 2. The molecule has 1 N–H and O–H groups in total. The highest BCUT2D eigenvalue weighted by Gasteiger charge is 2.01. The summed E-state index contributed by atoms with van der Waals surface area (Å²) in [6, 6.07) is 5.47. The third-order valence-corrected chi connectivity index (χ3v) is 1.90. The summed E-state index contributed by atoms with van der Waals surface area (Å²) in [6.45, 7) is 0.434. The molecule has 0 aromatic heterocycles. The molecule has 0 heterocycles. The summed E-state index contributed by atoms with van der Waals surface area (Å²) in [5.74, 6) is 1.48. The molecule has 1 rings (SSSR count). The van der Waals surface area contributed by atoms with Gasteiger partial charge in [0.15, 0.2) is 0 Å². The van der Waals surface area contributed by atoms with Gasteiger partial charge in [0.05, 0.1) is 27.4 Å². The standard InChI is InChI=1S/C11H15NO3/c1-14-10-3-4-11(15-2)9(7-10)8-12-5-6-13/h3-4,7-8,13H,5-6H2,1-2H3. The molecule has 0 radical (unpaired) electrons. The zero-order chi connectivity index (χ0) is 11.1. The normalized spacial score (nSPS) is 10.6. The van der Waals surface area contributed by atoms with Gasteiger partial charge in [-0.3, -0.25) is 4.99 Å². The first-order valence-electron chi connectivity index (χ1n) is 4.64. The average Bonchev–Trinajstić information content (AvgIpc) is 2.29. The van der Waals surface area contributed by atoms with Crippen LogP contribution >= 0.6 is 0 Å². The van der Waals surface area contributed by atoms with Gasteiger partial charge in [-0.05, 0) is 18.2 Å². The van der Waals surface area contributed by atoms with E-state index in [-0.39, 0.29) is 6.61 Å². The Morgan fingerprint density at radius 2 is 2.13 bits per heavy atom. The van der Waals surface area contributed by atoms with Crippen molar-refractivity contribution in [2.45, 2.75) is 0 Å². The number of nitrogens with zero attached hydrogens (tertiary/aromatic N) is 1. The van der Waals surface area contributed by atoms with Crippen LogP contribution in [0.5, 0.6) is 11.5 Å². The molecule has 82 valence electrons. The van der Waals surface area contributed by atoms with Crippen LogP contribution in [0.25, 0.3) is 0 Å². The topological polar surface area (TPSA) is 51.0 Å². The summed E-state index contributed by atoms with van der Waals surface area (Å²) >= 11 is 0. The molecular formula is C11H15NO3. The highest BCUT2D eigenvalue weighted by molar-refractivity contribution is 5.84. The Balaban J connectivity index is 2.90. The summed E-state index contributed by atoms with van der Waals surface area (Å²) in [7, 11) is 3.21. The van der Waals surface area contributed by atoms with Crippen molar-refractivity contribution in [3.05, 3.63) is 23.8 Å². The van der Waals surface area contributed by atoms with Gasteiger partial charge < -0.3 is 14.6 Å². The Bertz CT molecular complexity index is 337. The van der Waals surface area contributed by atoms with Gasteiger partial charge >= 0.3 is 0 Å². The molecule has 0 fully saturated rings. The quantitative estimate of drug-likeness (QED) is 0.739. The predicted octanol–water partition coefficient (Wildman–Crippen LogP) is 1.11. The third-order valence-electron chi connectivity index (χ3n) is 1.90. The molecule has 1 aromatic rings. The molecule has 0 saturated heterocycles. The number of rotatable bonds is 5. The number of hydrogen-bond acceptors (Lipinski definition) is 4. The Labute approximate surface area is 89.2 Å². The average molecular weight is 209 g/mol. The summed E-state index contributed by atoms with van der Waals surface area (Å²) in [5.41, 5.74) is 0.838. The lowest BCUT2D eigenvalue weighted by molar-refractivity contribution is 0.307. The maximum atomic E-state index is 8.60. The van der Waals surface area contributed by atoms with Crippen molar-refractivity contribution < 1.29 is 14.6 Å². The molecule has 0 amide bonds. The SMILES string of the molecule is COc1ccc(OC)c(C=NCCO)c1. The molecule has 0 aliphatic carbocycles. The maximum absolute atomic E-state index is 8.60. The number of aliphatic imine (C=N–C) groups is 1. The van der Waals surface area contributed by atoms with Crippen molar-refractivity contribution >= 4 is 6.21 Å². The number of aliphatic hydroxyl groups is 1. The third kappa shape index (κ3) is 3.25. The van der Waals surface area contributed by atoms with Crippen molar-refractivity contribution in [3.63, 3.8) is 0 Å². The molecule has 0 atom stereocenters. The second-order valence-electron chi connectivity index (χ2n) is 2.87. The lowest BCUT2D eigenvalue weighted by atomic mass is 10.2. The molecule has 0 unspecified atom stereocenters. The van der Waals surface area contributed by atoms with E-state index in [1.54, 1.807) is 20.4 Å². The summed E-state index contributed by atoms with van der Waals surface area (Å²) in [6.07, 6.45) is 1.66. The van der Waals surface area contributed by atoms with Crippen molar-refractivity contribution in [2.75, 3.05) is 27.4 Å². The fourth-order valence-electron chi connectivity index (χ4n) is 1.16. The van der Waals surface area contributed by atoms with Crippen LogP contribution in [0.2, 0.25) is 0 Å². The van der Waals surface area contributed by atoms with E-state index in [0.717, 1.165) is 17.1 Å². The minimum absolute atomic E-state index is 0.0444. The molecule has 4 heteroatoms. The molecule has 1 aromatic carbocycles. The van der Waals surface area contributed by atoms with E-state index < -0.39 is 0 Å². The summed E-state index contributed by atoms with van der Waals surface area (Å²) in [4.78, 5) is 4.03. The van der Waals surface area contributed by atoms with Crippen LogP contribution in [0.15, 0.2) is 23.2 Å². The maximum Gasteiger partial charge on any atom is 0.127 e.